The summed E-state index contributed by atoms with van der Waals surface area (Å²) in [5.74, 6) is 1.87. The SMILES string of the molecule is CN(CC(=O)Nc1ccc(N2CCSCC2)c(Cl)c1)C(=O)OC(C)(C)C. The molecule has 26 heavy (non-hydrogen) atoms. The Morgan fingerprint density at radius 1 is 1.31 bits per heavy atom. The maximum atomic E-state index is 12.2. The second-order valence-corrected chi connectivity index (χ2v) is 8.78. The van der Waals surface area contributed by atoms with Crippen LogP contribution in [0.1, 0.15) is 20.8 Å². The number of halogens is 1. The average Bonchev–Trinajstić information content (AvgIpc) is 2.54. The van der Waals surface area contributed by atoms with Gasteiger partial charge < -0.3 is 19.9 Å². The van der Waals surface area contributed by atoms with Gasteiger partial charge in [0.2, 0.25) is 5.91 Å². The Hall–Kier alpha value is -1.60. The molecule has 0 bridgehead atoms. The molecule has 1 aromatic carbocycles. The normalized spacial score (nSPS) is 14.7. The fourth-order valence-corrected chi connectivity index (χ4v) is 3.67. The predicted octanol–water partition coefficient (Wildman–Crippen LogP) is 3.70. The number of hydrogen-bond acceptors (Lipinski definition) is 5. The quantitative estimate of drug-likeness (QED) is 0.836. The van der Waals surface area contributed by atoms with Gasteiger partial charge in [-0.05, 0) is 39.0 Å². The summed E-state index contributed by atoms with van der Waals surface area (Å²) in [7, 11) is 1.53. The minimum atomic E-state index is -0.599. The molecule has 1 heterocycles. The summed E-state index contributed by atoms with van der Waals surface area (Å²) in [5.41, 5.74) is 0.988. The standard InChI is InChI=1S/C18H26ClN3O3S/c1-18(2,3)25-17(24)21(4)12-16(23)20-13-5-6-15(14(19)11-13)22-7-9-26-10-8-22/h5-6,11H,7-10,12H2,1-4H3,(H,20,23). The van der Waals surface area contributed by atoms with Crippen molar-refractivity contribution in [1.82, 2.24) is 4.90 Å². The number of likely N-dealkylation sites (N-methyl/N-ethyl adjacent to an activating group) is 1. The fraction of sp³-hybridized carbons (Fsp3) is 0.556. The summed E-state index contributed by atoms with van der Waals surface area (Å²) < 4.78 is 5.23. The molecular weight excluding hydrogens is 374 g/mol. The van der Waals surface area contributed by atoms with Crippen LogP contribution in [0.25, 0.3) is 0 Å². The number of rotatable bonds is 4. The van der Waals surface area contributed by atoms with Crippen LogP contribution < -0.4 is 10.2 Å². The first-order valence-electron chi connectivity index (χ1n) is 8.52. The number of anilines is 2. The van der Waals surface area contributed by atoms with Gasteiger partial charge >= 0.3 is 6.09 Å². The second-order valence-electron chi connectivity index (χ2n) is 7.15. The predicted molar refractivity (Wildman–Crippen MR) is 108 cm³/mol. The van der Waals surface area contributed by atoms with Gasteiger partial charge in [-0.3, -0.25) is 4.79 Å². The summed E-state index contributed by atoms with van der Waals surface area (Å²) in [6, 6.07) is 5.49. The van der Waals surface area contributed by atoms with Gasteiger partial charge in [0.05, 0.1) is 10.7 Å². The molecule has 0 radical (unpaired) electrons. The maximum absolute atomic E-state index is 12.2. The number of carbonyl (C=O) groups is 2. The first-order chi connectivity index (χ1) is 12.2. The lowest BCUT2D eigenvalue weighted by Crippen LogP contribution is -2.38. The highest BCUT2D eigenvalue weighted by Crippen LogP contribution is 2.30. The molecule has 2 amide bonds. The Morgan fingerprint density at radius 2 is 1.96 bits per heavy atom. The number of ether oxygens (including phenoxy) is 1. The first kappa shape index (κ1) is 20.7. The van der Waals surface area contributed by atoms with Gasteiger partial charge in [-0.15, -0.1) is 0 Å². The highest BCUT2D eigenvalue weighted by molar-refractivity contribution is 7.99. The van der Waals surface area contributed by atoms with E-state index in [2.05, 4.69) is 10.2 Å². The maximum Gasteiger partial charge on any atom is 0.410 e. The van der Waals surface area contributed by atoms with Crippen molar-refractivity contribution in [3.8, 4) is 0 Å². The highest BCUT2D eigenvalue weighted by Gasteiger charge is 2.21. The Kier molecular flexibility index (Phi) is 7.06. The molecule has 2 rings (SSSR count). The van der Waals surface area contributed by atoms with Crippen molar-refractivity contribution in [1.29, 1.82) is 0 Å². The summed E-state index contributed by atoms with van der Waals surface area (Å²) in [6.07, 6.45) is -0.538. The van der Waals surface area contributed by atoms with Crippen LogP contribution in [0.2, 0.25) is 5.02 Å². The lowest BCUT2D eigenvalue weighted by atomic mass is 10.2. The van der Waals surface area contributed by atoms with Crippen LogP contribution in [0.3, 0.4) is 0 Å². The van der Waals surface area contributed by atoms with Gasteiger partial charge in [-0.1, -0.05) is 11.6 Å². The molecule has 144 valence electrons. The van der Waals surface area contributed by atoms with Crippen molar-refractivity contribution in [2.45, 2.75) is 26.4 Å². The van der Waals surface area contributed by atoms with Crippen molar-refractivity contribution in [3.63, 3.8) is 0 Å². The molecule has 1 aromatic rings. The summed E-state index contributed by atoms with van der Waals surface area (Å²) in [4.78, 5) is 27.6. The molecule has 1 aliphatic rings. The van der Waals surface area contributed by atoms with Crippen molar-refractivity contribution >= 4 is 46.7 Å². The second kappa shape index (κ2) is 8.86. The molecular formula is C18H26ClN3O3S. The third-order valence-corrected chi connectivity index (χ3v) is 4.91. The van der Waals surface area contributed by atoms with Crippen LogP contribution in [0.5, 0.6) is 0 Å². The minimum Gasteiger partial charge on any atom is -0.444 e. The van der Waals surface area contributed by atoms with Crippen LogP contribution in [0.15, 0.2) is 18.2 Å². The van der Waals surface area contributed by atoms with Gasteiger partial charge in [0.15, 0.2) is 0 Å². The summed E-state index contributed by atoms with van der Waals surface area (Å²) in [6.45, 7) is 7.18. The first-order valence-corrected chi connectivity index (χ1v) is 10.1. The molecule has 0 atom stereocenters. The van der Waals surface area contributed by atoms with E-state index in [-0.39, 0.29) is 12.5 Å². The average molecular weight is 400 g/mol. The Balaban J connectivity index is 1.92. The monoisotopic (exact) mass is 399 g/mol. The van der Waals surface area contributed by atoms with Crippen LogP contribution in [0, 0.1) is 0 Å². The number of amides is 2. The van der Waals surface area contributed by atoms with E-state index in [1.165, 1.54) is 11.9 Å². The number of thioether (sulfide) groups is 1. The van der Waals surface area contributed by atoms with E-state index in [0.717, 1.165) is 30.3 Å². The van der Waals surface area contributed by atoms with Gasteiger partial charge in [0.25, 0.3) is 0 Å². The van der Waals surface area contributed by atoms with E-state index in [4.69, 9.17) is 16.3 Å². The Labute approximate surface area is 164 Å². The lowest BCUT2D eigenvalue weighted by molar-refractivity contribution is -0.117. The van der Waals surface area contributed by atoms with E-state index in [9.17, 15) is 9.59 Å². The molecule has 0 unspecified atom stereocenters. The summed E-state index contributed by atoms with van der Waals surface area (Å²) in [5, 5.41) is 3.37. The number of carbonyl (C=O) groups excluding carboxylic acids is 2. The van der Waals surface area contributed by atoms with Gasteiger partial charge in [-0.25, -0.2) is 4.79 Å². The van der Waals surface area contributed by atoms with Crippen molar-refractivity contribution < 1.29 is 14.3 Å². The molecule has 1 N–H and O–H groups in total. The molecule has 1 saturated heterocycles. The zero-order chi connectivity index (χ0) is 19.3. The number of nitrogens with zero attached hydrogens (tertiary/aromatic N) is 2. The minimum absolute atomic E-state index is 0.0996. The molecule has 1 aliphatic heterocycles. The Morgan fingerprint density at radius 3 is 2.54 bits per heavy atom. The van der Waals surface area contributed by atoms with E-state index >= 15 is 0 Å². The molecule has 6 nitrogen and oxygen atoms in total. The van der Waals surface area contributed by atoms with Crippen LogP contribution >= 0.6 is 23.4 Å². The van der Waals surface area contributed by atoms with Crippen molar-refractivity contribution in [2.75, 3.05) is 48.4 Å². The van der Waals surface area contributed by atoms with E-state index in [1.54, 1.807) is 26.8 Å². The van der Waals surface area contributed by atoms with Crippen LogP contribution in [0.4, 0.5) is 16.2 Å². The van der Waals surface area contributed by atoms with Gasteiger partial charge in [0.1, 0.15) is 12.1 Å². The number of nitrogens with one attached hydrogen (secondary N) is 1. The van der Waals surface area contributed by atoms with E-state index < -0.39 is 11.7 Å². The Bertz CT molecular complexity index is 658. The number of benzene rings is 1. The lowest BCUT2D eigenvalue weighted by Gasteiger charge is -2.29. The van der Waals surface area contributed by atoms with E-state index in [0.29, 0.717) is 10.7 Å². The van der Waals surface area contributed by atoms with Crippen LogP contribution in [-0.2, 0) is 9.53 Å². The highest BCUT2D eigenvalue weighted by atomic mass is 35.5. The van der Waals surface area contributed by atoms with Crippen LogP contribution in [-0.4, -0.2) is 60.7 Å². The molecule has 0 saturated carbocycles. The van der Waals surface area contributed by atoms with Gasteiger partial charge in [-0.2, -0.15) is 11.8 Å². The van der Waals surface area contributed by atoms with Crippen molar-refractivity contribution in [2.24, 2.45) is 0 Å². The third-order valence-electron chi connectivity index (χ3n) is 3.67. The molecule has 0 spiro atoms. The summed E-state index contributed by atoms with van der Waals surface area (Å²) >= 11 is 8.33. The zero-order valence-electron chi connectivity index (χ0n) is 15.7. The number of hydrogen-bond donors (Lipinski definition) is 1. The van der Waals surface area contributed by atoms with E-state index in [1.807, 2.05) is 23.9 Å². The topological polar surface area (TPSA) is 61.9 Å². The molecule has 0 aliphatic carbocycles. The third kappa shape index (κ3) is 6.29. The van der Waals surface area contributed by atoms with Gasteiger partial charge in [0, 0.05) is 37.3 Å². The molecule has 0 aromatic heterocycles. The zero-order valence-corrected chi connectivity index (χ0v) is 17.2. The molecule has 1 fully saturated rings. The smallest absolute Gasteiger partial charge is 0.410 e. The fourth-order valence-electron chi connectivity index (χ4n) is 2.47. The molecule has 8 heteroatoms. The van der Waals surface area contributed by atoms with Crippen molar-refractivity contribution in [3.05, 3.63) is 23.2 Å². The largest absolute Gasteiger partial charge is 0.444 e.